The summed E-state index contributed by atoms with van der Waals surface area (Å²) >= 11 is 1.58. The molecule has 1 aromatic heterocycles. The molecule has 0 atom stereocenters. The summed E-state index contributed by atoms with van der Waals surface area (Å²) in [5.74, 6) is -0.0723. The van der Waals surface area contributed by atoms with Crippen molar-refractivity contribution in [3.05, 3.63) is 45.3 Å². The molecule has 3 rings (SSSR count). The molecule has 1 amide bonds. The predicted octanol–water partition coefficient (Wildman–Crippen LogP) is 4.08. The number of hydrogen-bond donors (Lipinski definition) is 2. The Morgan fingerprint density at radius 3 is 2.52 bits per heavy atom. The van der Waals surface area contributed by atoms with Crippen LogP contribution in [0.25, 0.3) is 0 Å². The minimum Gasteiger partial charge on any atom is -0.390 e. The van der Waals surface area contributed by atoms with Crippen LogP contribution in [0.4, 0.5) is 10.7 Å². The van der Waals surface area contributed by atoms with Crippen LogP contribution in [-0.4, -0.2) is 5.91 Å². The van der Waals surface area contributed by atoms with Gasteiger partial charge in [-0.2, -0.15) is 0 Å². The zero-order valence-electron chi connectivity index (χ0n) is 12.5. The van der Waals surface area contributed by atoms with E-state index in [1.807, 2.05) is 26.0 Å². The monoisotopic (exact) mass is 300 g/mol. The van der Waals surface area contributed by atoms with E-state index in [4.69, 9.17) is 5.73 Å². The molecule has 0 spiro atoms. The Balaban J connectivity index is 1.90. The number of hydrogen-bond acceptors (Lipinski definition) is 3. The number of carbonyl (C=O) groups is 1. The van der Waals surface area contributed by atoms with Crippen LogP contribution >= 0.6 is 11.3 Å². The third-order valence-corrected chi connectivity index (χ3v) is 5.03. The average Bonchev–Trinajstić information content (AvgIpc) is 2.73. The number of anilines is 2. The van der Waals surface area contributed by atoms with E-state index in [-0.39, 0.29) is 5.91 Å². The predicted molar refractivity (Wildman–Crippen MR) is 89.2 cm³/mol. The van der Waals surface area contributed by atoms with Gasteiger partial charge >= 0.3 is 0 Å². The summed E-state index contributed by atoms with van der Waals surface area (Å²) in [5.41, 5.74) is 11.1. The lowest BCUT2D eigenvalue weighted by molar-refractivity contribution is 0.102. The third kappa shape index (κ3) is 2.81. The van der Waals surface area contributed by atoms with Crippen molar-refractivity contribution in [2.45, 2.75) is 39.5 Å². The van der Waals surface area contributed by atoms with Gasteiger partial charge in [-0.05, 0) is 68.4 Å². The lowest BCUT2D eigenvalue weighted by atomic mass is 9.95. The second-order valence-electron chi connectivity index (χ2n) is 5.78. The minimum atomic E-state index is -0.0723. The summed E-state index contributed by atoms with van der Waals surface area (Å²) in [7, 11) is 0. The Kier molecular flexibility index (Phi) is 3.72. The zero-order valence-corrected chi connectivity index (χ0v) is 13.3. The first kappa shape index (κ1) is 14.1. The molecule has 0 radical (unpaired) electrons. The highest BCUT2D eigenvalue weighted by molar-refractivity contribution is 7.16. The molecule has 3 nitrogen and oxygen atoms in total. The molecule has 1 heterocycles. The van der Waals surface area contributed by atoms with Gasteiger partial charge < -0.3 is 11.1 Å². The van der Waals surface area contributed by atoms with Gasteiger partial charge in [0.05, 0.1) is 10.6 Å². The summed E-state index contributed by atoms with van der Waals surface area (Å²) in [5, 5.41) is 3.66. The highest BCUT2D eigenvalue weighted by Crippen LogP contribution is 2.36. The van der Waals surface area contributed by atoms with E-state index < -0.39 is 0 Å². The fourth-order valence-corrected chi connectivity index (χ4v) is 4.23. The zero-order chi connectivity index (χ0) is 15.0. The number of carbonyl (C=O) groups excluding carboxylic acids is 1. The van der Waals surface area contributed by atoms with Crippen LogP contribution in [0, 0.1) is 13.8 Å². The highest BCUT2D eigenvalue weighted by Gasteiger charge is 2.24. The van der Waals surface area contributed by atoms with E-state index in [1.54, 1.807) is 11.3 Å². The highest BCUT2D eigenvalue weighted by atomic mass is 32.1. The second kappa shape index (κ2) is 5.53. The fourth-order valence-electron chi connectivity index (χ4n) is 3.08. The standard InChI is InChI=1S/C17H20N2OS/c1-10-7-11(2)9-12(8-10)19-17(20)15-13-5-3-4-6-14(13)21-16(15)18/h7-9H,3-6,18H2,1-2H3,(H,19,20). The Bertz CT molecular complexity index is 683. The first-order chi connectivity index (χ1) is 10.0. The van der Waals surface area contributed by atoms with Crippen molar-refractivity contribution in [3.63, 3.8) is 0 Å². The van der Waals surface area contributed by atoms with Crippen LogP contribution < -0.4 is 11.1 Å². The Hall–Kier alpha value is -1.81. The fraction of sp³-hybridized carbons (Fsp3) is 0.353. The lowest BCUT2D eigenvalue weighted by Gasteiger charge is -2.13. The number of rotatable bonds is 2. The molecule has 0 fully saturated rings. The molecular formula is C17H20N2OS. The quantitative estimate of drug-likeness (QED) is 0.878. The summed E-state index contributed by atoms with van der Waals surface area (Å²) < 4.78 is 0. The number of fused-ring (bicyclic) bond motifs is 1. The summed E-state index contributed by atoms with van der Waals surface area (Å²) in [6, 6.07) is 6.07. The number of thiophene rings is 1. The molecule has 2 aromatic rings. The van der Waals surface area contributed by atoms with E-state index in [1.165, 1.54) is 16.9 Å². The summed E-state index contributed by atoms with van der Waals surface area (Å²) in [6.45, 7) is 4.06. The normalized spacial score (nSPS) is 13.8. The van der Waals surface area contributed by atoms with Gasteiger partial charge in [0, 0.05) is 10.6 Å². The molecule has 0 saturated carbocycles. The van der Waals surface area contributed by atoms with Crippen LogP contribution in [0.1, 0.15) is 44.8 Å². The molecule has 1 aliphatic carbocycles. The molecule has 0 aliphatic heterocycles. The van der Waals surface area contributed by atoms with Crippen molar-refractivity contribution in [2.75, 3.05) is 11.1 Å². The molecule has 4 heteroatoms. The number of benzene rings is 1. The number of nitrogens with one attached hydrogen (secondary N) is 1. The van der Waals surface area contributed by atoms with Crippen LogP contribution in [0.15, 0.2) is 18.2 Å². The lowest BCUT2D eigenvalue weighted by Crippen LogP contribution is -2.16. The summed E-state index contributed by atoms with van der Waals surface area (Å²) in [4.78, 5) is 13.9. The maximum atomic E-state index is 12.6. The van der Waals surface area contributed by atoms with E-state index in [0.29, 0.717) is 10.6 Å². The molecule has 110 valence electrons. The maximum absolute atomic E-state index is 12.6. The van der Waals surface area contributed by atoms with Crippen molar-refractivity contribution < 1.29 is 4.79 Å². The van der Waals surface area contributed by atoms with Gasteiger partial charge in [-0.15, -0.1) is 11.3 Å². The number of aryl methyl sites for hydroxylation is 3. The van der Waals surface area contributed by atoms with Gasteiger partial charge in [0.25, 0.3) is 5.91 Å². The van der Waals surface area contributed by atoms with Crippen LogP contribution in [0.2, 0.25) is 0 Å². The molecule has 0 bridgehead atoms. The first-order valence-electron chi connectivity index (χ1n) is 7.34. The van der Waals surface area contributed by atoms with Gasteiger partial charge in [-0.25, -0.2) is 0 Å². The minimum absolute atomic E-state index is 0.0723. The van der Waals surface area contributed by atoms with Gasteiger partial charge in [-0.3, -0.25) is 4.79 Å². The van der Waals surface area contributed by atoms with E-state index in [2.05, 4.69) is 11.4 Å². The van der Waals surface area contributed by atoms with Crippen molar-refractivity contribution in [1.82, 2.24) is 0 Å². The summed E-state index contributed by atoms with van der Waals surface area (Å²) in [6.07, 6.45) is 4.37. The van der Waals surface area contributed by atoms with Gasteiger partial charge in [0.1, 0.15) is 0 Å². The van der Waals surface area contributed by atoms with Crippen molar-refractivity contribution in [2.24, 2.45) is 0 Å². The molecule has 21 heavy (non-hydrogen) atoms. The van der Waals surface area contributed by atoms with Crippen LogP contribution in [0.3, 0.4) is 0 Å². The van der Waals surface area contributed by atoms with Crippen molar-refractivity contribution in [3.8, 4) is 0 Å². The maximum Gasteiger partial charge on any atom is 0.258 e. The molecule has 1 aliphatic rings. The third-order valence-electron chi connectivity index (χ3n) is 3.91. The Labute approximate surface area is 129 Å². The number of nitrogens with two attached hydrogens (primary N) is 1. The van der Waals surface area contributed by atoms with Crippen LogP contribution in [-0.2, 0) is 12.8 Å². The van der Waals surface area contributed by atoms with Gasteiger partial charge in [0.15, 0.2) is 0 Å². The second-order valence-corrected chi connectivity index (χ2v) is 6.92. The topological polar surface area (TPSA) is 55.1 Å². The van der Waals surface area contributed by atoms with Crippen molar-refractivity contribution in [1.29, 1.82) is 0 Å². The number of nitrogen functional groups attached to an aromatic ring is 1. The molecule has 1 aromatic carbocycles. The van der Waals surface area contributed by atoms with E-state index in [9.17, 15) is 4.79 Å². The molecular weight excluding hydrogens is 280 g/mol. The largest absolute Gasteiger partial charge is 0.390 e. The van der Waals surface area contributed by atoms with Crippen molar-refractivity contribution >= 4 is 27.9 Å². The van der Waals surface area contributed by atoms with Gasteiger partial charge in [-0.1, -0.05) is 6.07 Å². The number of amides is 1. The van der Waals surface area contributed by atoms with E-state index >= 15 is 0 Å². The first-order valence-corrected chi connectivity index (χ1v) is 8.16. The Morgan fingerprint density at radius 1 is 1.14 bits per heavy atom. The van der Waals surface area contributed by atoms with Crippen LogP contribution in [0.5, 0.6) is 0 Å². The smallest absolute Gasteiger partial charge is 0.258 e. The SMILES string of the molecule is Cc1cc(C)cc(NC(=O)c2c(N)sc3c2CCCC3)c1. The molecule has 0 saturated heterocycles. The average molecular weight is 300 g/mol. The molecule has 3 N–H and O–H groups in total. The Morgan fingerprint density at radius 2 is 1.81 bits per heavy atom. The van der Waals surface area contributed by atoms with E-state index in [0.717, 1.165) is 36.1 Å². The van der Waals surface area contributed by atoms with Gasteiger partial charge in [0.2, 0.25) is 0 Å². The molecule has 0 unspecified atom stereocenters.